The highest BCUT2D eigenvalue weighted by molar-refractivity contribution is 5.91. The standard InChI is InChI=1S/C42H34F2N8/c1-4-41-25-27-11-17-34(32(41)24-27)52-38-36(46-20-22-48-38)49(30-9-7-6-8-10-30)40(52)42(41,5-2)39-50(31-15-12-28(43)13-16-31)35-37(47-21-19-45-35)51(39)33-18-14-29(44)23-26(33)3/h4,6-24,39-40H,1,5,25H2,2-3H3. The molecule has 0 radical (unpaired) electrons. The molecule has 0 saturated carbocycles. The SMILES string of the molecule is C=CC12Cc3ccc(c1c3)N1c3nccnc3N(c3ccccc3)C1C2(CC)C1N(c2ccc(F)cc2)c2nccnc2N1c1ccc(F)cc1C. The Balaban J connectivity index is 1.36. The van der Waals surface area contributed by atoms with E-state index in [0.717, 1.165) is 45.5 Å². The topological polar surface area (TPSA) is 64.5 Å². The first-order valence-corrected chi connectivity index (χ1v) is 17.5. The van der Waals surface area contributed by atoms with E-state index >= 15 is 0 Å². The first kappa shape index (κ1) is 30.6. The van der Waals surface area contributed by atoms with Gasteiger partial charge in [0.05, 0.1) is 5.41 Å². The Hall–Kier alpha value is -6.16. The van der Waals surface area contributed by atoms with E-state index in [-0.39, 0.29) is 11.6 Å². The molecule has 4 unspecified atom stereocenters. The lowest BCUT2D eigenvalue weighted by molar-refractivity contribution is 0.0740. The fraction of sp³-hybridized carbons (Fsp3) is 0.190. The van der Waals surface area contributed by atoms with Gasteiger partial charge in [0.1, 0.15) is 24.0 Å². The van der Waals surface area contributed by atoms with Gasteiger partial charge in [-0.1, -0.05) is 43.3 Å². The van der Waals surface area contributed by atoms with Crippen LogP contribution in [0.3, 0.4) is 0 Å². The third-order valence-corrected chi connectivity index (χ3v) is 11.7. The fourth-order valence-electron chi connectivity index (χ4n) is 9.78. The van der Waals surface area contributed by atoms with E-state index in [4.69, 9.17) is 19.9 Å². The number of fused-ring (bicyclic) bond motifs is 6. The van der Waals surface area contributed by atoms with E-state index in [1.54, 1.807) is 43.0 Å². The molecule has 10 heteroatoms. The van der Waals surface area contributed by atoms with Gasteiger partial charge in [0.25, 0.3) is 0 Å². The quantitative estimate of drug-likeness (QED) is 0.161. The van der Waals surface area contributed by atoms with E-state index in [1.807, 2.05) is 31.2 Å². The van der Waals surface area contributed by atoms with Gasteiger partial charge in [-0.15, -0.1) is 6.58 Å². The molecular formula is C42H34F2N8. The first-order chi connectivity index (χ1) is 25.4. The summed E-state index contributed by atoms with van der Waals surface area (Å²) < 4.78 is 29.6. The van der Waals surface area contributed by atoms with Crippen molar-refractivity contribution in [2.45, 2.75) is 44.4 Å². The highest BCUT2D eigenvalue weighted by Crippen LogP contribution is 2.70. The van der Waals surface area contributed by atoms with Crippen molar-refractivity contribution in [2.24, 2.45) is 5.41 Å². The van der Waals surface area contributed by atoms with Gasteiger partial charge in [-0.05, 0) is 97.1 Å². The zero-order valence-corrected chi connectivity index (χ0v) is 28.7. The van der Waals surface area contributed by atoms with Crippen molar-refractivity contribution in [2.75, 3.05) is 19.6 Å². The summed E-state index contributed by atoms with van der Waals surface area (Å²) in [7, 11) is 0. The van der Waals surface area contributed by atoms with Gasteiger partial charge < -0.3 is 19.6 Å². The summed E-state index contributed by atoms with van der Waals surface area (Å²) in [6.45, 7) is 8.81. The van der Waals surface area contributed by atoms with E-state index in [1.165, 1.54) is 23.8 Å². The third kappa shape index (κ3) is 3.78. The van der Waals surface area contributed by atoms with Gasteiger partial charge in [-0.3, -0.25) is 0 Å². The van der Waals surface area contributed by atoms with Gasteiger partial charge in [0, 0.05) is 53.0 Å². The summed E-state index contributed by atoms with van der Waals surface area (Å²) in [5.74, 6) is 2.09. The summed E-state index contributed by atoms with van der Waals surface area (Å²) in [6.07, 6.45) is 9.41. The second kappa shape index (κ2) is 10.9. The van der Waals surface area contributed by atoms with Crippen molar-refractivity contribution in [1.82, 2.24) is 19.9 Å². The van der Waals surface area contributed by atoms with Crippen LogP contribution in [0.1, 0.15) is 30.0 Å². The minimum absolute atomic E-state index is 0.321. The van der Waals surface area contributed by atoms with Crippen molar-refractivity contribution in [3.8, 4) is 0 Å². The van der Waals surface area contributed by atoms with E-state index < -0.39 is 23.2 Å². The summed E-state index contributed by atoms with van der Waals surface area (Å²) >= 11 is 0. The average molecular weight is 689 g/mol. The lowest BCUT2D eigenvalue weighted by atomic mass is 9.52. The molecule has 4 aliphatic rings. The monoisotopic (exact) mass is 688 g/mol. The third-order valence-electron chi connectivity index (χ3n) is 11.7. The average Bonchev–Trinajstić information content (AvgIpc) is 3.82. The zero-order chi connectivity index (χ0) is 35.4. The zero-order valence-electron chi connectivity index (χ0n) is 28.7. The molecule has 0 amide bonds. The van der Waals surface area contributed by atoms with Crippen LogP contribution in [0.4, 0.5) is 54.8 Å². The number of allylic oxidation sites excluding steroid dienone is 1. The largest absolute Gasteiger partial charge is 0.301 e. The van der Waals surface area contributed by atoms with Gasteiger partial charge in [-0.2, -0.15) is 0 Å². The molecule has 6 aromatic rings. The molecule has 2 bridgehead atoms. The number of rotatable bonds is 6. The highest BCUT2D eigenvalue weighted by atomic mass is 19.1. The van der Waals surface area contributed by atoms with E-state index in [9.17, 15) is 8.78 Å². The number of nitrogens with zero attached hydrogens (tertiary/aromatic N) is 8. The minimum Gasteiger partial charge on any atom is -0.301 e. The molecule has 0 N–H and O–H groups in total. The number of halogens is 2. The molecule has 3 aliphatic heterocycles. The number of aryl methyl sites for hydroxylation is 1. The highest BCUT2D eigenvalue weighted by Gasteiger charge is 2.72. The molecule has 0 saturated heterocycles. The lowest BCUT2D eigenvalue weighted by Crippen LogP contribution is -2.72. The number of aromatic nitrogens is 4. The Morgan fingerprint density at radius 2 is 1.21 bits per heavy atom. The van der Waals surface area contributed by atoms with Crippen LogP contribution in [-0.4, -0.2) is 32.3 Å². The smallest absolute Gasteiger partial charge is 0.178 e. The molecule has 0 fully saturated rings. The molecule has 256 valence electrons. The van der Waals surface area contributed by atoms with Crippen molar-refractivity contribution >= 4 is 46.0 Å². The summed E-state index contributed by atoms with van der Waals surface area (Å²) in [6, 6.07) is 28.5. The molecule has 8 nitrogen and oxygen atoms in total. The van der Waals surface area contributed by atoms with Crippen molar-refractivity contribution in [3.05, 3.63) is 157 Å². The van der Waals surface area contributed by atoms with Crippen LogP contribution in [0, 0.1) is 24.0 Å². The second-order valence-electron chi connectivity index (χ2n) is 14.0. The van der Waals surface area contributed by atoms with Gasteiger partial charge in [-0.25, -0.2) is 28.7 Å². The van der Waals surface area contributed by atoms with Crippen molar-refractivity contribution < 1.29 is 8.78 Å². The van der Waals surface area contributed by atoms with Gasteiger partial charge in [0.2, 0.25) is 0 Å². The Morgan fingerprint density at radius 3 is 1.79 bits per heavy atom. The van der Waals surface area contributed by atoms with Crippen LogP contribution in [-0.2, 0) is 11.8 Å². The molecule has 4 aromatic carbocycles. The molecule has 0 spiro atoms. The van der Waals surface area contributed by atoms with Crippen LogP contribution in [0.5, 0.6) is 0 Å². The second-order valence-corrected chi connectivity index (χ2v) is 14.0. The van der Waals surface area contributed by atoms with Gasteiger partial charge >= 0.3 is 0 Å². The molecule has 10 rings (SSSR count). The number of para-hydroxylation sites is 1. The number of hydrogen-bond acceptors (Lipinski definition) is 8. The fourth-order valence-corrected chi connectivity index (χ4v) is 9.78. The van der Waals surface area contributed by atoms with E-state index in [0.29, 0.717) is 24.5 Å². The maximum atomic E-state index is 14.9. The Bertz CT molecular complexity index is 2400. The Morgan fingerprint density at radius 1 is 0.673 bits per heavy atom. The summed E-state index contributed by atoms with van der Waals surface area (Å²) in [5, 5.41) is 0. The van der Waals surface area contributed by atoms with Crippen LogP contribution in [0.15, 0.2) is 128 Å². The summed E-state index contributed by atoms with van der Waals surface area (Å²) in [5.41, 5.74) is 5.27. The summed E-state index contributed by atoms with van der Waals surface area (Å²) in [4.78, 5) is 29.1. The lowest BCUT2D eigenvalue weighted by Gasteiger charge is -2.63. The van der Waals surface area contributed by atoms with Crippen molar-refractivity contribution in [3.63, 3.8) is 0 Å². The molecule has 2 aromatic heterocycles. The van der Waals surface area contributed by atoms with E-state index in [2.05, 4.69) is 69.5 Å². The first-order valence-electron chi connectivity index (χ1n) is 17.5. The molecule has 1 aliphatic carbocycles. The normalized spacial score (nSPS) is 23.5. The Labute approximate surface area is 300 Å². The maximum Gasteiger partial charge on any atom is 0.178 e. The van der Waals surface area contributed by atoms with Crippen LogP contribution < -0.4 is 19.6 Å². The molecule has 5 heterocycles. The predicted octanol–water partition coefficient (Wildman–Crippen LogP) is 9.18. The number of hydrogen-bond donors (Lipinski definition) is 0. The predicted molar refractivity (Wildman–Crippen MR) is 199 cm³/mol. The van der Waals surface area contributed by atoms with Gasteiger partial charge in [0.15, 0.2) is 23.3 Å². The van der Waals surface area contributed by atoms with Crippen molar-refractivity contribution in [1.29, 1.82) is 0 Å². The van der Waals surface area contributed by atoms with Crippen LogP contribution in [0.2, 0.25) is 0 Å². The molecular weight excluding hydrogens is 655 g/mol. The molecule has 52 heavy (non-hydrogen) atoms. The van der Waals surface area contributed by atoms with Crippen LogP contribution in [0.25, 0.3) is 0 Å². The minimum atomic E-state index is -0.798. The number of anilines is 8. The maximum absolute atomic E-state index is 14.9. The number of benzene rings is 4. The molecule has 4 atom stereocenters. The Kier molecular flexibility index (Phi) is 6.44. The van der Waals surface area contributed by atoms with Crippen LogP contribution >= 0.6 is 0 Å².